The molecule has 0 spiro atoms. The van der Waals surface area contributed by atoms with E-state index in [2.05, 4.69) is 0 Å². The van der Waals surface area contributed by atoms with Gasteiger partial charge in [0.1, 0.15) is 5.60 Å². The van der Waals surface area contributed by atoms with Gasteiger partial charge in [-0.2, -0.15) is 0 Å². The summed E-state index contributed by atoms with van der Waals surface area (Å²) >= 11 is 0. The van der Waals surface area contributed by atoms with Gasteiger partial charge in [0.25, 0.3) is 0 Å². The molecular weight excluding hydrogens is 188 g/mol. The third kappa shape index (κ3) is 2.45. The molecule has 0 unspecified atom stereocenters. The zero-order chi connectivity index (χ0) is 11.6. The molecule has 0 N–H and O–H groups in total. The Kier molecular flexibility index (Phi) is 3.30. The first-order valence-electron chi connectivity index (χ1n) is 5.05. The maximum Gasteiger partial charge on any atom is 0.194 e. The molecule has 0 saturated carbocycles. The highest BCUT2D eigenvalue weighted by molar-refractivity contribution is 6.03. The van der Waals surface area contributed by atoms with Crippen LogP contribution in [0.4, 0.5) is 0 Å². The van der Waals surface area contributed by atoms with Crippen LogP contribution in [0.25, 0.3) is 0 Å². The lowest BCUT2D eigenvalue weighted by atomic mass is 9.92. The minimum atomic E-state index is -0.750. The first-order valence-corrected chi connectivity index (χ1v) is 5.05. The highest BCUT2D eigenvalue weighted by Crippen LogP contribution is 2.19. The quantitative estimate of drug-likeness (QED) is 0.711. The summed E-state index contributed by atoms with van der Waals surface area (Å²) < 4.78 is 5.19. The molecule has 0 heterocycles. The van der Waals surface area contributed by atoms with E-state index in [-0.39, 0.29) is 5.78 Å². The summed E-state index contributed by atoms with van der Waals surface area (Å²) in [4.78, 5) is 12.1. The average Bonchev–Trinajstić information content (AvgIpc) is 2.17. The lowest BCUT2D eigenvalue weighted by molar-refractivity contribution is 0.0227. The first kappa shape index (κ1) is 11.9. The first-order chi connectivity index (χ1) is 6.88. The molecule has 1 rings (SSSR count). The Morgan fingerprint density at radius 3 is 2.33 bits per heavy atom. The van der Waals surface area contributed by atoms with Crippen molar-refractivity contribution < 1.29 is 9.53 Å². The van der Waals surface area contributed by atoms with E-state index < -0.39 is 5.60 Å². The number of carbonyl (C=O) groups excluding carboxylic acids is 1. The highest BCUT2D eigenvalue weighted by Gasteiger charge is 2.28. The molecule has 0 saturated heterocycles. The van der Waals surface area contributed by atoms with Crippen LogP contribution in [-0.2, 0) is 4.74 Å². The smallest absolute Gasteiger partial charge is 0.194 e. The summed E-state index contributed by atoms with van der Waals surface area (Å²) in [5.41, 5.74) is 2.16. The van der Waals surface area contributed by atoms with Gasteiger partial charge in [-0.1, -0.05) is 23.8 Å². The number of hydrogen-bond acceptors (Lipinski definition) is 2. The van der Waals surface area contributed by atoms with Gasteiger partial charge in [-0.05, 0) is 33.3 Å². The largest absolute Gasteiger partial charge is 0.371 e. The molecule has 0 aliphatic carbocycles. The maximum atomic E-state index is 12.1. The fourth-order valence-electron chi connectivity index (χ4n) is 1.49. The third-order valence-corrected chi connectivity index (χ3v) is 2.68. The zero-order valence-electron chi connectivity index (χ0n) is 10.0. The fraction of sp³-hybridized carbons (Fsp3) is 0.462. The molecule has 15 heavy (non-hydrogen) atoms. The molecule has 1 aromatic carbocycles. The summed E-state index contributed by atoms with van der Waals surface area (Å²) in [6.45, 7) is 7.54. The number of ketones is 1. The van der Waals surface area contributed by atoms with Crippen LogP contribution in [0, 0.1) is 13.8 Å². The topological polar surface area (TPSA) is 26.3 Å². The molecule has 0 amide bonds. The lowest BCUT2D eigenvalue weighted by Gasteiger charge is -2.22. The molecule has 0 radical (unpaired) electrons. The molecule has 0 fully saturated rings. The van der Waals surface area contributed by atoms with Crippen LogP contribution in [0.5, 0.6) is 0 Å². The summed E-state index contributed by atoms with van der Waals surface area (Å²) in [5.74, 6) is 0.0301. The van der Waals surface area contributed by atoms with E-state index in [9.17, 15) is 4.79 Å². The predicted molar refractivity (Wildman–Crippen MR) is 61.3 cm³/mol. The number of methoxy groups -OCH3 is 1. The minimum absolute atomic E-state index is 0.0301. The Bertz CT molecular complexity index is 378. The summed E-state index contributed by atoms with van der Waals surface area (Å²) in [6.07, 6.45) is 0. The van der Waals surface area contributed by atoms with Crippen LogP contribution in [0.2, 0.25) is 0 Å². The molecule has 1 aromatic rings. The van der Waals surface area contributed by atoms with Crippen molar-refractivity contribution in [3.05, 3.63) is 34.9 Å². The van der Waals surface area contributed by atoms with Crippen molar-refractivity contribution >= 4 is 5.78 Å². The van der Waals surface area contributed by atoms with Gasteiger partial charge >= 0.3 is 0 Å². The zero-order valence-corrected chi connectivity index (χ0v) is 10.0. The van der Waals surface area contributed by atoms with E-state index in [1.54, 1.807) is 21.0 Å². The van der Waals surface area contributed by atoms with Gasteiger partial charge in [0.15, 0.2) is 5.78 Å². The van der Waals surface area contributed by atoms with Gasteiger partial charge in [-0.25, -0.2) is 0 Å². The summed E-state index contributed by atoms with van der Waals surface area (Å²) in [6, 6.07) is 5.83. The molecule has 2 nitrogen and oxygen atoms in total. The number of rotatable bonds is 3. The van der Waals surface area contributed by atoms with Crippen molar-refractivity contribution in [3.63, 3.8) is 0 Å². The molecule has 2 heteroatoms. The van der Waals surface area contributed by atoms with E-state index in [1.165, 1.54) is 5.56 Å². The SMILES string of the molecule is COC(C)(C)C(=O)c1ccc(C)cc1C. The minimum Gasteiger partial charge on any atom is -0.371 e. The fourth-order valence-corrected chi connectivity index (χ4v) is 1.49. The van der Waals surface area contributed by atoms with E-state index in [4.69, 9.17) is 4.74 Å². The highest BCUT2D eigenvalue weighted by atomic mass is 16.5. The van der Waals surface area contributed by atoms with Crippen molar-refractivity contribution in [3.8, 4) is 0 Å². The van der Waals surface area contributed by atoms with E-state index in [1.807, 2.05) is 32.0 Å². The number of ether oxygens (including phenoxy) is 1. The van der Waals surface area contributed by atoms with Crippen molar-refractivity contribution in [2.75, 3.05) is 7.11 Å². The van der Waals surface area contributed by atoms with E-state index in [0.717, 1.165) is 11.1 Å². The van der Waals surface area contributed by atoms with Crippen LogP contribution < -0.4 is 0 Å². The van der Waals surface area contributed by atoms with Crippen LogP contribution in [0.1, 0.15) is 35.3 Å². The van der Waals surface area contributed by atoms with Crippen LogP contribution >= 0.6 is 0 Å². The lowest BCUT2D eigenvalue weighted by Crippen LogP contribution is -2.34. The van der Waals surface area contributed by atoms with Crippen molar-refractivity contribution in [1.29, 1.82) is 0 Å². The van der Waals surface area contributed by atoms with Crippen LogP contribution in [0.15, 0.2) is 18.2 Å². The summed E-state index contributed by atoms with van der Waals surface area (Å²) in [5, 5.41) is 0. The standard InChI is InChI=1S/C13H18O2/c1-9-6-7-11(10(2)8-9)12(14)13(3,4)15-5/h6-8H,1-5H3. The Morgan fingerprint density at radius 1 is 1.27 bits per heavy atom. The monoisotopic (exact) mass is 206 g/mol. The van der Waals surface area contributed by atoms with Crippen molar-refractivity contribution in [1.82, 2.24) is 0 Å². The van der Waals surface area contributed by atoms with Gasteiger partial charge in [0, 0.05) is 12.7 Å². The molecule has 0 bridgehead atoms. The van der Waals surface area contributed by atoms with Gasteiger partial charge in [0.2, 0.25) is 0 Å². The van der Waals surface area contributed by atoms with Gasteiger partial charge in [-0.15, -0.1) is 0 Å². The van der Waals surface area contributed by atoms with Gasteiger partial charge < -0.3 is 4.74 Å². The number of aryl methyl sites for hydroxylation is 2. The van der Waals surface area contributed by atoms with E-state index >= 15 is 0 Å². The van der Waals surface area contributed by atoms with E-state index in [0.29, 0.717) is 0 Å². The van der Waals surface area contributed by atoms with Gasteiger partial charge in [0.05, 0.1) is 0 Å². The molecule has 0 aromatic heterocycles. The molecule has 0 aliphatic heterocycles. The Balaban J connectivity index is 3.12. The van der Waals surface area contributed by atoms with Crippen molar-refractivity contribution in [2.24, 2.45) is 0 Å². The maximum absolute atomic E-state index is 12.1. The molecule has 0 aliphatic rings. The Hall–Kier alpha value is -1.15. The second-order valence-electron chi connectivity index (χ2n) is 4.36. The second-order valence-corrected chi connectivity index (χ2v) is 4.36. The third-order valence-electron chi connectivity index (χ3n) is 2.68. The number of hydrogen-bond donors (Lipinski definition) is 0. The molecule has 82 valence electrons. The number of carbonyl (C=O) groups is 1. The molecular formula is C13H18O2. The normalized spacial score (nSPS) is 11.5. The number of Topliss-reactive ketones (excluding diaryl/α,β-unsaturated/α-hetero) is 1. The predicted octanol–water partition coefficient (Wildman–Crippen LogP) is 2.91. The number of benzene rings is 1. The second kappa shape index (κ2) is 4.15. The van der Waals surface area contributed by atoms with Crippen molar-refractivity contribution in [2.45, 2.75) is 33.3 Å². The Morgan fingerprint density at radius 2 is 1.87 bits per heavy atom. The average molecular weight is 206 g/mol. The summed E-state index contributed by atoms with van der Waals surface area (Å²) in [7, 11) is 1.56. The molecule has 0 atom stereocenters. The van der Waals surface area contributed by atoms with Crippen LogP contribution in [0.3, 0.4) is 0 Å². The Labute approximate surface area is 91.3 Å². The van der Waals surface area contributed by atoms with Gasteiger partial charge in [-0.3, -0.25) is 4.79 Å². The van der Waals surface area contributed by atoms with Crippen LogP contribution in [-0.4, -0.2) is 18.5 Å².